The molecule has 1 aromatic carbocycles. The van der Waals surface area contributed by atoms with Gasteiger partial charge in [-0.2, -0.15) is 0 Å². The molecule has 0 radical (unpaired) electrons. The van der Waals surface area contributed by atoms with Gasteiger partial charge in [0, 0.05) is 23.7 Å². The van der Waals surface area contributed by atoms with Crippen LogP contribution in [-0.4, -0.2) is 35.7 Å². The van der Waals surface area contributed by atoms with Crippen LogP contribution in [-0.2, 0) is 4.79 Å². The van der Waals surface area contributed by atoms with Crippen molar-refractivity contribution < 1.29 is 18.8 Å². The predicted octanol–water partition coefficient (Wildman–Crippen LogP) is 2.25. The standard InChI is InChI=1S/C18H18ClN3O4/c19-14-7-5-12(6-8-14)16(23)20-21-17(24)13-3-1-9-22(11-13)18(25)15-4-2-10-26-15/h2,4-8,10,13H,1,3,9,11H2,(H,20,23)(H,21,24)/t13-/m1/s1. The second-order valence-electron chi connectivity index (χ2n) is 6.02. The van der Waals surface area contributed by atoms with Crippen LogP contribution in [0.2, 0.25) is 5.02 Å². The quantitative estimate of drug-likeness (QED) is 0.805. The van der Waals surface area contributed by atoms with Crippen LogP contribution in [0.1, 0.15) is 33.8 Å². The number of carbonyl (C=O) groups excluding carboxylic acids is 3. The maximum absolute atomic E-state index is 12.3. The zero-order chi connectivity index (χ0) is 18.5. The molecular weight excluding hydrogens is 358 g/mol. The molecule has 2 heterocycles. The van der Waals surface area contributed by atoms with E-state index in [1.165, 1.54) is 6.26 Å². The molecule has 0 unspecified atom stereocenters. The molecule has 3 rings (SSSR count). The van der Waals surface area contributed by atoms with E-state index in [1.54, 1.807) is 41.3 Å². The Morgan fingerprint density at radius 1 is 1.12 bits per heavy atom. The number of rotatable bonds is 3. The van der Waals surface area contributed by atoms with Gasteiger partial charge in [0.05, 0.1) is 12.2 Å². The summed E-state index contributed by atoms with van der Waals surface area (Å²) in [6.07, 6.45) is 2.79. The summed E-state index contributed by atoms with van der Waals surface area (Å²) < 4.78 is 5.12. The van der Waals surface area contributed by atoms with Crippen molar-refractivity contribution in [2.24, 2.45) is 5.92 Å². The van der Waals surface area contributed by atoms with Crippen LogP contribution in [0.3, 0.4) is 0 Å². The molecule has 136 valence electrons. The van der Waals surface area contributed by atoms with Crippen LogP contribution in [0.5, 0.6) is 0 Å². The van der Waals surface area contributed by atoms with E-state index in [2.05, 4.69) is 10.9 Å². The van der Waals surface area contributed by atoms with Crippen molar-refractivity contribution in [3.8, 4) is 0 Å². The van der Waals surface area contributed by atoms with E-state index in [9.17, 15) is 14.4 Å². The highest BCUT2D eigenvalue weighted by atomic mass is 35.5. The van der Waals surface area contributed by atoms with E-state index in [0.29, 0.717) is 30.0 Å². The highest BCUT2D eigenvalue weighted by Crippen LogP contribution is 2.19. The Hall–Kier alpha value is -2.80. The minimum atomic E-state index is -0.436. The Bertz CT molecular complexity index is 789. The Morgan fingerprint density at radius 2 is 1.88 bits per heavy atom. The third-order valence-electron chi connectivity index (χ3n) is 4.22. The number of piperidine rings is 1. The molecule has 0 aliphatic carbocycles. The van der Waals surface area contributed by atoms with Gasteiger partial charge in [0.2, 0.25) is 5.91 Å². The molecule has 1 fully saturated rings. The third-order valence-corrected chi connectivity index (χ3v) is 4.47. The molecule has 1 atom stereocenters. The summed E-state index contributed by atoms with van der Waals surface area (Å²) in [7, 11) is 0. The number of hydrazine groups is 1. The van der Waals surface area contributed by atoms with Gasteiger partial charge >= 0.3 is 0 Å². The lowest BCUT2D eigenvalue weighted by Crippen LogP contribution is -2.50. The predicted molar refractivity (Wildman–Crippen MR) is 94.4 cm³/mol. The number of benzene rings is 1. The molecule has 2 aromatic rings. The average Bonchev–Trinajstić information content (AvgIpc) is 3.20. The van der Waals surface area contributed by atoms with Crippen molar-refractivity contribution >= 4 is 29.3 Å². The fourth-order valence-electron chi connectivity index (χ4n) is 2.83. The molecule has 1 aliphatic heterocycles. The van der Waals surface area contributed by atoms with Crippen molar-refractivity contribution in [1.82, 2.24) is 15.8 Å². The number of nitrogens with one attached hydrogen (secondary N) is 2. The van der Waals surface area contributed by atoms with Crippen LogP contribution in [0.4, 0.5) is 0 Å². The molecule has 2 N–H and O–H groups in total. The maximum atomic E-state index is 12.3. The summed E-state index contributed by atoms with van der Waals surface area (Å²) in [5, 5.41) is 0.522. The van der Waals surface area contributed by atoms with E-state index in [-0.39, 0.29) is 24.1 Å². The Morgan fingerprint density at radius 3 is 2.58 bits per heavy atom. The number of likely N-dealkylation sites (tertiary alicyclic amines) is 1. The summed E-state index contributed by atoms with van der Waals surface area (Å²) in [5.41, 5.74) is 5.19. The molecule has 26 heavy (non-hydrogen) atoms. The van der Waals surface area contributed by atoms with Crippen LogP contribution < -0.4 is 10.9 Å². The molecule has 0 spiro atoms. The maximum Gasteiger partial charge on any atom is 0.289 e. The number of carbonyl (C=O) groups is 3. The van der Waals surface area contributed by atoms with Gasteiger partial charge in [-0.3, -0.25) is 25.2 Å². The number of halogens is 1. The van der Waals surface area contributed by atoms with Crippen LogP contribution in [0, 0.1) is 5.92 Å². The first-order chi connectivity index (χ1) is 12.5. The molecule has 7 nitrogen and oxygen atoms in total. The third kappa shape index (κ3) is 4.23. The molecule has 8 heteroatoms. The van der Waals surface area contributed by atoms with E-state index in [0.717, 1.165) is 0 Å². The first-order valence-electron chi connectivity index (χ1n) is 8.23. The van der Waals surface area contributed by atoms with Gasteiger partial charge in [-0.05, 0) is 49.2 Å². The summed E-state index contributed by atoms with van der Waals surface area (Å²) in [6.45, 7) is 0.850. The van der Waals surface area contributed by atoms with E-state index in [1.807, 2.05) is 0 Å². The van der Waals surface area contributed by atoms with Crippen molar-refractivity contribution in [2.45, 2.75) is 12.8 Å². The molecule has 1 aromatic heterocycles. The highest BCUT2D eigenvalue weighted by Gasteiger charge is 2.30. The average molecular weight is 376 g/mol. The number of hydrogen-bond donors (Lipinski definition) is 2. The van der Waals surface area contributed by atoms with Crippen molar-refractivity contribution in [3.05, 3.63) is 59.0 Å². The minimum Gasteiger partial charge on any atom is -0.459 e. The largest absolute Gasteiger partial charge is 0.459 e. The van der Waals surface area contributed by atoms with Crippen LogP contribution in [0.15, 0.2) is 47.1 Å². The van der Waals surface area contributed by atoms with Gasteiger partial charge in [-0.25, -0.2) is 0 Å². The first kappa shape index (κ1) is 18.0. The molecule has 3 amide bonds. The normalized spacial score (nSPS) is 16.8. The van der Waals surface area contributed by atoms with E-state index in [4.69, 9.17) is 16.0 Å². The lowest BCUT2D eigenvalue weighted by Gasteiger charge is -2.31. The fraction of sp³-hybridized carbons (Fsp3) is 0.278. The van der Waals surface area contributed by atoms with Gasteiger partial charge in [-0.15, -0.1) is 0 Å². The van der Waals surface area contributed by atoms with Crippen molar-refractivity contribution in [2.75, 3.05) is 13.1 Å². The Labute approximate surface area is 155 Å². The van der Waals surface area contributed by atoms with Gasteiger partial charge in [-0.1, -0.05) is 11.6 Å². The zero-order valence-corrected chi connectivity index (χ0v) is 14.7. The molecule has 1 saturated heterocycles. The summed E-state index contributed by atoms with van der Waals surface area (Å²) in [4.78, 5) is 38.3. The van der Waals surface area contributed by atoms with E-state index < -0.39 is 11.8 Å². The van der Waals surface area contributed by atoms with Gasteiger partial charge in [0.15, 0.2) is 5.76 Å². The summed E-state index contributed by atoms with van der Waals surface area (Å²) in [5.74, 6) is -1.15. The van der Waals surface area contributed by atoms with Gasteiger partial charge in [0.25, 0.3) is 11.8 Å². The fourth-order valence-corrected chi connectivity index (χ4v) is 2.95. The number of hydrogen-bond acceptors (Lipinski definition) is 4. The van der Waals surface area contributed by atoms with Gasteiger partial charge < -0.3 is 9.32 Å². The second-order valence-corrected chi connectivity index (χ2v) is 6.45. The lowest BCUT2D eigenvalue weighted by atomic mass is 9.97. The summed E-state index contributed by atoms with van der Waals surface area (Å²) >= 11 is 5.78. The minimum absolute atomic E-state index is 0.238. The molecule has 1 aliphatic rings. The number of furan rings is 1. The molecule has 0 saturated carbocycles. The molecule has 0 bridgehead atoms. The highest BCUT2D eigenvalue weighted by molar-refractivity contribution is 6.30. The van der Waals surface area contributed by atoms with Crippen molar-refractivity contribution in [1.29, 1.82) is 0 Å². The number of nitrogens with zero attached hydrogens (tertiary/aromatic N) is 1. The topological polar surface area (TPSA) is 91.7 Å². The monoisotopic (exact) mass is 375 g/mol. The van der Waals surface area contributed by atoms with Crippen LogP contribution in [0.25, 0.3) is 0 Å². The smallest absolute Gasteiger partial charge is 0.289 e. The van der Waals surface area contributed by atoms with Crippen LogP contribution >= 0.6 is 11.6 Å². The van der Waals surface area contributed by atoms with Gasteiger partial charge in [0.1, 0.15) is 0 Å². The Balaban J connectivity index is 1.53. The lowest BCUT2D eigenvalue weighted by molar-refractivity contribution is -0.127. The second kappa shape index (κ2) is 8.05. The van der Waals surface area contributed by atoms with E-state index >= 15 is 0 Å². The number of amides is 3. The summed E-state index contributed by atoms with van der Waals surface area (Å²) in [6, 6.07) is 9.56. The SMILES string of the molecule is O=C(NNC(=O)[C@@H]1CCCN(C(=O)c2ccco2)C1)c1ccc(Cl)cc1. The Kier molecular flexibility index (Phi) is 5.58. The van der Waals surface area contributed by atoms with Crippen molar-refractivity contribution in [3.63, 3.8) is 0 Å². The zero-order valence-electron chi connectivity index (χ0n) is 13.9. The first-order valence-corrected chi connectivity index (χ1v) is 8.61. The molecular formula is C18H18ClN3O4.